The Bertz CT molecular complexity index is 990. The zero-order valence-electron chi connectivity index (χ0n) is 17.3. The van der Waals surface area contributed by atoms with E-state index in [4.69, 9.17) is 4.42 Å². The fourth-order valence-electron chi connectivity index (χ4n) is 4.09. The molecule has 0 saturated heterocycles. The maximum atomic E-state index is 13.1. The minimum Gasteiger partial charge on any atom is -0.467 e. The molecule has 2 heterocycles. The molecule has 0 radical (unpaired) electrons. The summed E-state index contributed by atoms with van der Waals surface area (Å²) in [5, 5.41) is 8.26. The molecule has 4 rings (SSSR count). The van der Waals surface area contributed by atoms with Gasteiger partial charge in [0.25, 0.3) is 5.91 Å². The number of benzene rings is 1. The lowest BCUT2D eigenvalue weighted by molar-refractivity contribution is 0.0767. The molecule has 1 aliphatic rings. The van der Waals surface area contributed by atoms with E-state index in [0.29, 0.717) is 18.3 Å². The predicted molar refractivity (Wildman–Crippen MR) is 112 cm³/mol. The Labute approximate surface area is 171 Å². The Kier molecular flexibility index (Phi) is 5.53. The maximum Gasteiger partial charge on any atom is 0.274 e. The van der Waals surface area contributed by atoms with Crippen molar-refractivity contribution in [3.05, 3.63) is 76.5 Å². The van der Waals surface area contributed by atoms with E-state index in [1.807, 2.05) is 23.9 Å². The summed E-state index contributed by atoms with van der Waals surface area (Å²) < 4.78 is 7.26. The van der Waals surface area contributed by atoms with E-state index in [2.05, 4.69) is 41.6 Å². The van der Waals surface area contributed by atoms with Gasteiger partial charge >= 0.3 is 0 Å². The van der Waals surface area contributed by atoms with Crippen molar-refractivity contribution >= 4 is 5.91 Å². The Morgan fingerprint density at radius 2 is 2.14 bits per heavy atom. The second kappa shape index (κ2) is 8.25. The lowest BCUT2D eigenvalue weighted by Crippen LogP contribution is -2.35. The van der Waals surface area contributed by atoms with Gasteiger partial charge in [0.05, 0.1) is 12.8 Å². The van der Waals surface area contributed by atoms with Crippen molar-refractivity contribution in [2.45, 2.75) is 45.3 Å². The van der Waals surface area contributed by atoms with Crippen LogP contribution in [0.25, 0.3) is 0 Å². The standard InChI is InChI=1S/C23H28N4O2/c1-16-7-4-5-8-17(16)14-24-18-10-11-21-20(13-18)22(25-27(21)3)23(28)26(2)15-19-9-6-12-29-19/h4-9,12,18,24H,10-11,13-15H2,1-3H3. The first kappa shape index (κ1) is 19.5. The maximum absolute atomic E-state index is 13.1. The van der Waals surface area contributed by atoms with E-state index in [9.17, 15) is 4.79 Å². The van der Waals surface area contributed by atoms with Gasteiger partial charge in [0.2, 0.25) is 0 Å². The molecule has 1 N–H and O–H groups in total. The van der Waals surface area contributed by atoms with Crippen LogP contribution in [0.2, 0.25) is 0 Å². The Morgan fingerprint density at radius 3 is 2.90 bits per heavy atom. The van der Waals surface area contributed by atoms with Gasteiger partial charge in [0.1, 0.15) is 5.76 Å². The molecule has 1 unspecified atom stereocenters. The number of hydrogen-bond acceptors (Lipinski definition) is 4. The van der Waals surface area contributed by atoms with Crippen LogP contribution in [-0.2, 0) is 33.0 Å². The third kappa shape index (κ3) is 4.12. The van der Waals surface area contributed by atoms with Crippen LogP contribution in [0.1, 0.15) is 45.1 Å². The minimum atomic E-state index is -0.0576. The third-order valence-corrected chi connectivity index (χ3v) is 5.82. The van der Waals surface area contributed by atoms with E-state index in [0.717, 1.165) is 37.1 Å². The molecular weight excluding hydrogens is 364 g/mol. The summed E-state index contributed by atoms with van der Waals surface area (Å²) in [7, 11) is 3.73. The summed E-state index contributed by atoms with van der Waals surface area (Å²) in [6.45, 7) is 3.42. The van der Waals surface area contributed by atoms with E-state index < -0.39 is 0 Å². The van der Waals surface area contributed by atoms with Crippen molar-refractivity contribution in [2.24, 2.45) is 7.05 Å². The van der Waals surface area contributed by atoms with Crippen molar-refractivity contribution < 1.29 is 9.21 Å². The van der Waals surface area contributed by atoms with Crippen LogP contribution in [0, 0.1) is 6.92 Å². The summed E-state index contributed by atoms with van der Waals surface area (Å²) in [5.41, 5.74) is 5.44. The second-order valence-corrected chi connectivity index (χ2v) is 7.89. The largest absolute Gasteiger partial charge is 0.467 e. The molecule has 0 bridgehead atoms. The zero-order chi connectivity index (χ0) is 20.4. The highest BCUT2D eigenvalue weighted by atomic mass is 16.3. The second-order valence-electron chi connectivity index (χ2n) is 7.89. The quantitative estimate of drug-likeness (QED) is 0.700. The van der Waals surface area contributed by atoms with Crippen LogP contribution in [0.5, 0.6) is 0 Å². The highest BCUT2D eigenvalue weighted by molar-refractivity contribution is 5.94. The highest BCUT2D eigenvalue weighted by Gasteiger charge is 2.29. The monoisotopic (exact) mass is 392 g/mol. The molecule has 6 heteroatoms. The van der Waals surface area contributed by atoms with Crippen molar-refractivity contribution in [3.8, 4) is 0 Å². The van der Waals surface area contributed by atoms with Gasteiger partial charge in [-0.2, -0.15) is 5.10 Å². The summed E-state index contributed by atoms with van der Waals surface area (Å²) in [6.07, 6.45) is 4.43. The van der Waals surface area contributed by atoms with Crippen LogP contribution >= 0.6 is 0 Å². The SMILES string of the molecule is Cc1ccccc1CNC1CCc2c(c(C(=O)N(C)Cc3ccco3)nn2C)C1. The van der Waals surface area contributed by atoms with E-state index in [1.54, 1.807) is 18.2 Å². The van der Waals surface area contributed by atoms with E-state index >= 15 is 0 Å². The molecule has 6 nitrogen and oxygen atoms in total. The van der Waals surface area contributed by atoms with Crippen LogP contribution in [0.3, 0.4) is 0 Å². The highest BCUT2D eigenvalue weighted by Crippen LogP contribution is 2.26. The van der Waals surface area contributed by atoms with Crippen molar-refractivity contribution in [3.63, 3.8) is 0 Å². The molecule has 0 fully saturated rings. The summed E-state index contributed by atoms with van der Waals surface area (Å²) in [4.78, 5) is 14.7. The molecule has 152 valence electrons. The lowest BCUT2D eigenvalue weighted by atomic mass is 9.91. The molecule has 2 aromatic heterocycles. The third-order valence-electron chi connectivity index (χ3n) is 5.82. The number of nitrogens with one attached hydrogen (secondary N) is 1. The first-order valence-electron chi connectivity index (χ1n) is 10.1. The topological polar surface area (TPSA) is 63.3 Å². The smallest absolute Gasteiger partial charge is 0.274 e. The lowest BCUT2D eigenvalue weighted by Gasteiger charge is -2.25. The molecule has 29 heavy (non-hydrogen) atoms. The molecule has 0 spiro atoms. The van der Waals surface area contributed by atoms with Gasteiger partial charge in [-0.15, -0.1) is 0 Å². The Hall–Kier alpha value is -2.86. The number of aryl methyl sites for hydroxylation is 2. The molecule has 1 aromatic carbocycles. The Balaban J connectivity index is 1.47. The first-order valence-corrected chi connectivity index (χ1v) is 10.1. The number of amides is 1. The average Bonchev–Trinajstić information content (AvgIpc) is 3.34. The molecule has 3 aromatic rings. The van der Waals surface area contributed by atoms with Crippen LogP contribution in [0.4, 0.5) is 0 Å². The average molecular weight is 393 g/mol. The predicted octanol–water partition coefficient (Wildman–Crippen LogP) is 3.24. The summed E-state index contributed by atoms with van der Waals surface area (Å²) in [6, 6.07) is 12.5. The van der Waals surface area contributed by atoms with Crippen LogP contribution < -0.4 is 5.32 Å². The molecule has 1 aliphatic carbocycles. The fourth-order valence-corrected chi connectivity index (χ4v) is 4.09. The molecule has 0 aliphatic heterocycles. The number of carbonyl (C=O) groups is 1. The van der Waals surface area contributed by atoms with E-state index in [1.165, 1.54) is 16.8 Å². The summed E-state index contributed by atoms with van der Waals surface area (Å²) in [5.74, 6) is 0.709. The zero-order valence-corrected chi connectivity index (χ0v) is 17.3. The number of carbonyl (C=O) groups excluding carboxylic acids is 1. The molecule has 1 atom stereocenters. The fraction of sp³-hybridized carbons (Fsp3) is 0.391. The van der Waals surface area contributed by atoms with Crippen molar-refractivity contribution in [2.75, 3.05) is 7.05 Å². The van der Waals surface area contributed by atoms with Crippen molar-refractivity contribution in [1.82, 2.24) is 20.0 Å². The van der Waals surface area contributed by atoms with Gasteiger partial charge in [-0.1, -0.05) is 24.3 Å². The summed E-state index contributed by atoms with van der Waals surface area (Å²) >= 11 is 0. The van der Waals surface area contributed by atoms with Gasteiger partial charge in [-0.3, -0.25) is 9.48 Å². The van der Waals surface area contributed by atoms with Crippen molar-refractivity contribution in [1.29, 1.82) is 0 Å². The number of hydrogen-bond donors (Lipinski definition) is 1. The van der Waals surface area contributed by atoms with Crippen LogP contribution in [-0.4, -0.2) is 33.7 Å². The number of fused-ring (bicyclic) bond motifs is 1. The normalized spacial score (nSPS) is 15.9. The minimum absolute atomic E-state index is 0.0576. The van der Waals surface area contributed by atoms with E-state index in [-0.39, 0.29) is 5.91 Å². The number of nitrogens with zero attached hydrogens (tertiary/aromatic N) is 3. The van der Waals surface area contributed by atoms with Gasteiger partial charge in [-0.05, 0) is 49.4 Å². The van der Waals surface area contributed by atoms with Gasteiger partial charge in [0.15, 0.2) is 5.69 Å². The molecule has 1 amide bonds. The molecule has 0 saturated carbocycles. The van der Waals surface area contributed by atoms with Gasteiger partial charge in [0, 0.05) is 37.9 Å². The number of aromatic nitrogens is 2. The Morgan fingerprint density at radius 1 is 1.31 bits per heavy atom. The van der Waals surface area contributed by atoms with Crippen LogP contribution in [0.15, 0.2) is 47.1 Å². The van der Waals surface area contributed by atoms with Gasteiger partial charge < -0.3 is 14.6 Å². The number of furan rings is 1. The van der Waals surface area contributed by atoms with Gasteiger partial charge in [-0.25, -0.2) is 0 Å². The first-order chi connectivity index (χ1) is 14.0. The molecular formula is C23H28N4O2. The number of rotatable bonds is 6.